The maximum absolute atomic E-state index is 13.7. The quantitative estimate of drug-likeness (QED) is 0.265. The fraction of sp³-hybridized carbons (Fsp3) is 0.375. The highest BCUT2D eigenvalue weighted by Gasteiger charge is 2.33. The molecule has 12 heteroatoms. The highest BCUT2D eigenvalue weighted by atomic mass is 32.2. The van der Waals surface area contributed by atoms with E-state index in [2.05, 4.69) is 9.89 Å². The summed E-state index contributed by atoms with van der Waals surface area (Å²) < 4.78 is 35.7. The average Bonchev–Trinajstić information content (AvgIpc) is 3.65. The summed E-state index contributed by atoms with van der Waals surface area (Å²) in [6.45, 7) is 4.35. The second-order valence-corrected chi connectivity index (χ2v) is 14.0. The molecule has 0 N–H and O–H groups in total. The molecule has 0 atom stereocenters. The number of esters is 1. The van der Waals surface area contributed by atoms with E-state index in [0.29, 0.717) is 41.2 Å². The molecular weight excluding hydrogens is 599 g/mol. The Morgan fingerprint density at radius 1 is 1.02 bits per heavy atom. The number of thioether (sulfide) groups is 1. The van der Waals surface area contributed by atoms with Crippen molar-refractivity contribution in [1.82, 2.24) is 19.0 Å². The first-order valence-electron chi connectivity index (χ1n) is 15.0. The summed E-state index contributed by atoms with van der Waals surface area (Å²) in [7, 11) is -3.81. The van der Waals surface area contributed by atoms with Gasteiger partial charge in [0, 0.05) is 43.5 Å². The molecule has 0 aliphatic carbocycles. The number of nitrogens with zero attached hydrogens (tertiary/aromatic N) is 5. The van der Waals surface area contributed by atoms with Crippen LogP contribution >= 0.6 is 11.8 Å². The van der Waals surface area contributed by atoms with Gasteiger partial charge in [-0.3, -0.25) is 9.59 Å². The number of amides is 1. The summed E-state index contributed by atoms with van der Waals surface area (Å²) >= 11 is 1.38. The lowest BCUT2D eigenvalue weighted by Gasteiger charge is -2.30. The zero-order valence-corrected chi connectivity index (χ0v) is 26.2. The fourth-order valence-electron chi connectivity index (χ4n) is 5.73. The SMILES string of the molecule is CCOC(=O)C1CCN(S(=O)(=O)c2cccc(-c3nn(-c4ccccc4)cc3/C=C3\SC(N4CCCCC4)=NC3=O)c2)CC1. The Bertz CT molecular complexity index is 1700. The van der Waals surface area contributed by atoms with Crippen LogP contribution in [0.5, 0.6) is 0 Å². The van der Waals surface area contributed by atoms with Crippen molar-refractivity contribution < 1.29 is 22.7 Å². The number of benzene rings is 2. The molecule has 0 bridgehead atoms. The second-order valence-electron chi connectivity index (χ2n) is 11.0. The molecule has 44 heavy (non-hydrogen) atoms. The molecule has 6 rings (SSSR count). The molecule has 230 valence electrons. The standard InChI is InChI=1S/C32H35N5O5S2/c1-2-42-31(39)23-14-18-36(19-15-23)44(40,41)27-13-9-10-24(20-27)29-25(22-37(34-29)26-11-5-3-6-12-26)21-28-30(38)33-32(43-28)35-16-7-4-8-17-35/h3,5-6,9-13,20-23H,2,4,7-8,14-19H2,1H3/b28-21-. The van der Waals surface area contributed by atoms with Gasteiger partial charge in [-0.15, -0.1) is 0 Å². The van der Waals surface area contributed by atoms with Gasteiger partial charge in [0.25, 0.3) is 5.91 Å². The molecule has 3 aliphatic rings. The minimum absolute atomic E-state index is 0.152. The first-order chi connectivity index (χ1) is 21.3. The summed E-state index contributed by atoms with van der Waals surface area (Å²) in [6.07, 6.45) is 7.86. The van der Waals surface area contributed by atoms with Gasteiger partial charge in [-0.2, -0.15) is 14.4 Å². The van der Waals surface area contributed by atoms with Crippen LogP contribution in [-0.4, -0.2) is 77.2 Å². The van der Waals surface area contributed by atoms with Crippen LogP contribution in [-0.2, 0) is 24.3 Å². The number of para-hydroxylation sites is 1. The van der Waals surface area contributed by atoms with Crippen molar-refractivity contribution in [1.29, 1.82) is 0 Å². The van der Waals surface area contributed by atoms with Gasteiger partial charge in [-0.25, -0.2) is 13.1 Å². The van der Waals surface area contributed by atoms with Crippen molar-refractivity contribution in [3.63, 3.8) is 0 Å². The van der Waals surface area contributed by atoms with Crippen LogP contribution in [0.4, 0.5) is 0 Å². The van der Waals surface area contributed by atoms with E-state index in [1.165, 1.54) is 22.5 Å². The largest absolute Gasteiger partial charge is 0.466 e. The first kappa shape index (κ1) is 30.3. The average molecular weight is 634 g/mol. The van der Waals surface area contributed by atoms with Crippen molar-refractivity contribution >= 4 is 44.9 Å². The number of likely N-dealkylation sites (tertiary alicyclic amines) is 1. The summed E-state index contributed by atoms with van der Waals surface area (Å²) in [4.78, 5) is 32.3. The predicted molar refractivity (Wildman–Crippen MR) is 171 cm³/mol. The van der Waals surface area contributed by atoms with Crippen LogP contribution in [0.1, 0.15) is 44.6 Å². The maximum atomic E-state index is 13.7. The number of rotatable bonds is 7. The van der Waals surface area contributed by atoms with Crippen LogP contribution in [0.25, 0.3) is 23.0 Å². The zero-order valence-electron chi connectivity index (χ0n) is 24.6. The normalized spacial score (nSPS) is 19.4. The van der Waals surface area contributed by atoms with E-state index in [-0.39, 0.29) is 35.8 Å². The van der Waals surface area contributed by atoms with E-state index < -0.39 is 10.0 Å². The van der Waals surface area contributed by atoms with Gasteiger partial charge in [-0.1, -0.05) is 30.3 Å². The van der Waals surface area contributed by atoms with Crippen molar-refractivity contribution in [3.8, 4) is 16.9 Å². The van der Waals surface area contributed by atoms with Crippen molar-refractivity contribution in [3.05, 3.63) is 71.3 Å². The molecule has 0 saturated carbocycles. The highest BCUT2D eigenvalue weighted by molar-refractivity contribution is 8.18. The molecule has 0 radical (unpaired) electrons. The molecule has 3 aromatic rings. The van der Waals surface area contributed by atoms with Gasteiger partial charge >= 0.3 is 5.97 Å². The Morgan fingerprint density at radius 2 is 1.77 bits per heavy atom. The van der Waals surface area contributed by atoms with Gasteiger partial charge in [0.15, 0.2) is 5.17 Å². The topological polar surface area (TPSA) is 114 Å². The Kier molecular flexibility index (Phi) is 9.01. The Labute approximate surface area is 261 Å². The number of hydrogen-bond acceptors (Lipinski definition) is 8. The first-order valence-corrected chi connectivity index (χ1v) is 17.3. The van der Waals surface area contributed by atoms with E-state index in [1.807, 2.05) is 42.6 Å². The monoisotopic (exact) mass is 633 g/mol. The lowest BCUT2D eigenvalue weighted by atomic mass is 9.98. The Hall–Kier alpha value is -3.74. The van der Waals surface area contributed by atoms with Crippen molar-refractivity contribution in [2.24, 2.45) is 10.9 Å². The molecule has 0 unspecified atom stereocenters. The molecule has 3 aliphatic heterocycles. The number of sulfonamides is 1. The number of carbonyl (C=O) groups is 2. The van der Waals surface area contributed by atoms with E-state index in [1.54, 1.807) is 35.9 Å². The van der Waals surface area contributed by atoms with Crippen LogP contribution in [0.15, 0.2) is 75.6 Å². The summed E-state index contributed by atoms with van der Waals surface area (Å²) in [5, 5.41) is 5.59. The smallest absolute Gasteiger partial charge is 0.309 e. The summed E-state index contributed by atoms with van der Waals surface area (Å²) in [5.74, 6) is -0.841. The van der Waals surface area contributed by atoms with Crippen molar-refractivity contribution in [2.75, 3.05) is 32.8 Å². The van der Waals surface area contributed by atoms with Crippen LogP contribution in [0, 0.1) is 5.92 Å². The lowest BCUT2D eigenvalue weighted by molar-refractivity contribution is -0.149. The van der Waals surface area contributed by atoms with Gasteiger partial charge in [0.2, 0.25) is 10.0 Å². The third-order valence-electron chi connectivity index (χ3n) is 8.10. The van der Waals surface area contributed by atoms with Gasteiger partial charge in [0.1, 0.15) is 5.69 Å². The van der Waals surface area contributed by atoms with Gasteiger partial charge in [0.05, 0.1) is 28.0 Å². The molecule has 2 saturated heterocycles. The van der Waals surface area contributed by atoms with E-state index >= 15 is 0 Å². The number of ether oxygens (including phenoxy) is 1. The third kappa shape index (κ3) is 6.38. The molecule has 2 fully saturated rings. The molecular formula is C32H35N5O5S2. The minimum Gasteiger partial charge on any atom is -0.466 e. The lowest BCUT2D eigenvalue weighted by Crippen LogP contribution is -2.40. The van der Waals surface area contributed by atoms with Crippen LogP contribution in [0.2, 0.25) is 0 Å². The highest BCUT2D eigenvalue weighted by Crippen LogP contribution is 2.35. The molecule has 1 amide bonds. The molecule has 2 aromatic carbocycles. The van der Waals surface area contributed by atoms with Gasteiger partial charge in [-0.05, 0) is 81.1 Å². The van der Waals surface area contributed by atoms with Crippen molar-refractivity contribution in [2.45, 2.75) is 43.9 Å². The summed E-state index contributed by atoms with van der Waals surface area (Å²) in [6, 6.07) is 16.4. The predicted octanol–water partition coefficient (Wildman–Crippen LogP) is 4.96. The molecule has 10 nitrogen and oxygen atoms in total. The molecule has 4 heterocycles. The maximum Gasteiger partial charge on any atom is 0.309 e. The number of aliphatic imine (C=N–C) groups is 1. The number of amidine groups is 1. The fourth-order valence-corrected chi connectivity index (χ4v) is 8.21. The number of aromatic nitrogens is 2. The van der Waals surface area contributed by atoms with Crippen LogP contribution < -0.4 is 0 Å². The number of piperidine rings is 2. The van der Waals surface area contributed by atoms with E-state index in [0.717, 1.165) is 36.8 Å². The second kappa shape index (κ2) is 13.1. The zero-order chi connectivity index (χ0) is 30.7. The van der Waals surface area contributed by atoms with Gasteiger partial charge < -0.3 is 9.64 Å². The molecule has 1 aromatic heterocycles. The summed E-state index contributed by atoms with van der Waals surface area (Å²) in [5.41, 5.74) is 2.69. The number of hydrogen-bond donors (Lipinski definition) is 0. The number of carbonyl (C=O) groups excluding carboxylic acids is 2. The Balaban J connectivity index is 1.30. The Morgan fingerprint density at radius 3 is 2.50 bits per heavy atom. The van der Waals surface area contributed by atoms with Crippen LogP contribution in [0.3, 0.4) is 0 Å². The minimum atomic E-state index is -3.81. The van der Waals surface area contributed by atoms with E-state index in [9.17, 15) is 18.0 Å². The molecule has 0 spiro atoms. The third-order valence-corrected chi connectivity index (χ3v) is 11.0. The van der Waals surface area contributed by atoms with E-state index in [4.69, 9.17) is 9.84 Å².